The molecule has 136 valence electrons. The molecule has 0 fully saturated rings. The maximum atomic E-state index is 10.6. The Hall–Kier alpha value is -3.82. The minimum atomic E-state index is -1.15. The van der Waals surface area contributed by atoms with Crippen molar-refractivity contribution in [2.75, 3.05) is 0 Å². The van der Waals surface area contributed by atoms with Gasteiger partial charge in [-0.15, -0.1) is 0 Å². The van der Waals surface area contributed by atoms with Crippen LogP contribution in [0.4, 0.5) is 11.4 Å². The summed E-state index contributed by atoms with van der Waals surface area (Å²) in [5, 5.41) is 37.9. The number of non-ortho nitro benzene ring substituents is 2. The summed E-state index contributed by atoms with van der Waals surface area (Å²) in [7, 11) is 0. The standard InChI is InChI=1S/2C8H7NO4/c2*1-5-2-3-6(9(12)13)4-7(5)8(10)11/h2*2-4H,1H3,(H,10,11). The molecule has 0 atom stereocenters. The van der Waals surface area contributed by atoms with Gasteiger partial charge >= 0.3 is 11.9 Å². The molecule has 26 heavy (non-hydrogen) atoms. The molecule has 0 bridgehead atoms. The third-order valence-corrected chi connectivity index (χ3v) is 3.32. The molecule has 0 radical (unpaired) electrons. The fourth-order valence-corrected chi connectivity index (χ4v) is 1.91. The first kappa shape index (κ1) is 20.2. The molecular weight excluding hydrogens is 348 g/mol. The van der Waals surface area contributed by atoms with Crippen molar-refractivity contribution >= 4 is 23.3 Å². The van der Waals surface area contributed by atoms with Crippen molar-refractivity contribution in [2.24, 2.45) is 0 Å². The molecule has 10 heteroatoms. The monoisotopic (exact) mass is 362 g/mol. The molecule has 0 aromatic heterocycles. The first-order valence-electron chi connectivity index (χ1n) is 7.01. The number of aromatic carboxylic acids is 2. The highest BCUT2D eigenvalue weighted by Crippen LogP contribution is 2.17. The van der Waals surface area contributed by atoms with E-state index >= 15 is 0 Å². The van der Waals surface area contributed by atoms with Crippen molar-refractivity contribution in [3.8, 4) is 0 Å². The summed E-state index contributed by atoms with van der Waals surface area (Å²) in [6.07, 6.45) is 0. The number of nitro benzene ring substituents is 2. The Kier molecular flexibility index (Phi) is 6.48. The summed E-state index contributed by atoms with van der Waals surface area (Å²) in [6, 6.07) is 7.50. The zero-order valence-corrected chi connectivity index (χ0v) is 13.7. The third kappa shape index (κ3) is 5.09. The largest absolute Gasteiger partial charge is 0.478 e. The molecule has 0 saturated carbocycles. The summed E-state index contributed by atoms with van der Waals surface area (Å²) < 4.78 is 0. The predicted molar refractivity (Wildman–Crippen MR) is 89.6 cm³/mol. The van der Waals surface area contributed by atoms with Crippen molar-refractivity contribution in [2.45, 2.75) is 13.8 Å². The van der Waals surface area contributed by atoms with Gasteiger partial charge in [-0.05, 0) is 25.0 Å². The molecule has 0 amide bonds. The fourth-order valence-electron chi connectivity index (χ4n) is 1.91. The van der Waals surface area contributed by atoms with E-state index < -0.39 is 21.8 Å². The fraction of sp³-hybridized carbons (Fsp3) is 0.125. The molecule has 0 spiro atoms. The quantitative estimate of drug-likeness (QED) is 0.619. The lowest BCUT2D eigenvalue weighted by Crippen LogP contribution is -2.00. The lowest BCUT2D eigenvalue weighted by Gasteiger charge is -1.98. The van der Waals surface area contributed by atoms with Crippen LogP contribution in [0.1, 0.15) is 31.8 Å². The number of benzene rings is 2. The topological polar surface area (TPSA) is 161 Å². The van der Waals surface area contributed by atoms with Crippen LogP contribution < -0.4 is 0 Å². The van der Waals surface area contributed by atoms with Gasteiger partial charge in [0.2, 0.25) is 0 Å². The van der Waals surface area contributed by atoms with E-state index in [9.17, 15) is 29.8 Å². The lowest BCUT2D eigenvalue weighted by atomic mass is 10.1. The Balaban J connectivity index is 0.000000260. The first-order valence-corrected chi connectivity index (χ1v) is 7.01. The second-order valence-electron chi connectivity index (χ2n) is 5.12. The predicted octanol–water partition coefficient (Wildman–Crippen LogP) is 3.20. The molecule has 10 nitrogen and oxygen atoms in total. The van der Waals surface area contributed by atoms with Gasteiger partial charge < -0.3 is 10.2 Å². The summed E-state index contributed by atoms with van der Waals surface area (Å²) >= 11 is 0. The van der Waals surface area contributed by atoms with Crippen molar-refractivity contribution in [3.63, 3.8) is 0 Å². The molecule has 0 saturated heterocycles. The number of aryl methyl sites for hydroxylation is 2. The summed E-state index contributed by atoms with van der Waals surface area (Å²) in [4.78, 5) is 40.5. The van der Waals surface area contributed by atoms with Crippen LogP contribution in [0.2, 0.25) is 0 Å². The van der Waals surface area contributed by atoms with Crippen LogP contribution >= 0.6 is 0 Å². The van der Waals surface area contributed by atoms with Gasteiger partial charge in [0.25, 0.3) is 11.4 Å². The highest BCUT2D eigenvalue weighted by molar-refractivity contribution is 5.90. The van der Waals surface area contributed by atoms with Crippen molar-refractivity contribution in [1.82, 2.24) is 0 Å². The summed E-state index contributed by atoms with van der Waals surface area (Å²) in [5.74, 6) is -2.30. The number of hydrogen-bond acceptors (Lipinski definition) is 6. The van der Waals surface area contributed by atoms with Gasteiger partial charge in [0.05, 0.1) is 21.0 Å². The Morgan fingerprint density at radius 1 is 0.769 bits per heavy atom. The molecular formula is C16H14N2O8. The second-order valence-corrected chi connectivity index (χ2v) is 5.12. The Morgan fingerprint density at radius 2 is 1.08 bits per heavy atom. The average Bonchev–Trinajstić information content (AvgIpc) is 2.55. The number of carboxylic acid groups (broad SMARTS) is 2. The number of rotatable bonds is 4. The van der Waals surface area contributed by atoms with E-state index in [1.807, 2.05) is 0 Å². The molecule has 2 rings (SSSR count). The SMILES string of the molecule is Cc1ccc([N+](=O)[O-])cc1C(=O)O.Cc1ccc([N+](=O)[O-])cc1C(=O)O. The molecule has 0 heterocycles. The molecule has 2 N–H and O–H groups in total. The highest BCUT2D eigenvalue weighted by atomic mass is 16.6. The lowest BCUT2D eigenvalue weighted by molar-refractivity contribution is -0.385. The van der Waals surface area contributed by atoms with Gasteiger partial charge in [-0.1, -0.05) is 12.1 Å². The van der Waals surface area contributed by atoms with Gasteiger partial charge in [0.15, 0.2) is 0 Å². The van der Waals surface area contributed by atoms with Crippen LogP contribution in [-0.4, -0.2) is 32.0 Å². The molecule has 0 aliphatic rings. The maximum absolute atomic E-state index is 10.6. The number of hydrogen-bond donors (Lipinski definition) is 2. The van der Waals surface area contributed by atoms with Crippen LogP contribution in [-0.2, 0) is 0 Å². The zero-order valence-electron chi connectivity index (χ0n) is 13.7. The van der Waals surface area contributed by atoms with E-state index in [1.54, 1.807) is 13.8 Å². The van der Waals surface area contributed by atoms with E-state index in [-0.39, 0.29) is 22.5 Å². The van der Waals surface area contributed by atoms with Gasteiger partial charge in [0.1, 0.15) is 0 Å². The second kappa shape index (κ2) is 8.33. The number of nitro groups is 2. The van der Waals surface area contributed by atoms with Crippen molar-refractivity contribution in [3.05, 3.63) is 78.9 Å². The number of carbonyl (C=O) groups is 2. The molecule has 2 aromatic carbocycles. The van der Waals surface area contributed by atoms with Crippen molar-refractivity contribution in [1.29, 1.82) is 0 Å². The average molecular weight is 362 g/mol. The minimum Gasteiger partial charge on any atom is -0.478 e. The zero-order chi connectivity index (χ0) is 20.0. The highest BCUT2D eigenvalue weighted by Gasteiger charge is 2.13. The third-order valence-electron chi connectivity index (χ3n) is 3.32. The Bertz CT molecular complexity index is 818. The van der Waals surface area contributed by atoms with Crippen molar-refractivity contribution < 1.29 is 29.6 Å². The maximum Gasteiger partial charge on any atom is 0.336 e. The molecule has 2 aromatic rings. The van der Waals surface area contributed by atoms with E-state index in [4.69, 9.17) is 10.2 Å². The molecule has 0 aliphatic carbocycles. The van der Waals surface area contributed by atoms with Gasteiger partial charge in [-0.25, -0.2) is 9.59 Å². The van der Waals surface area contributed by atoms with Crippen LogP contribution in [0.5, 0.6) is 0 Å². The Labute approximate surface area is 146 Å². The van der Waals surface area contributed by atoms with Gasteiger partial charge in [0, 0.05) is 24.3 Å². The van der Waals surface area contributed by atoms with Crippen LogP contribution in [0.25, 0.3) is 0 Å². The molecule has 0 aliphatic heterocycles. The van der Waals surface area contributed by atoms with E-state index in [2.05, 4.69) is 0 Å². The van der Waals surface area contributed by atoms with E-state index in [1.165, 1.54) is 24.3 Å². The normalized spacial score (nSPS) is 9.62. The smallest absolute Gasteiger partial charge is 0.336 e. The summed E-state index contributed by atoms with van der Waals surface area (Å²) in [5.41, 5.74) is 0.547. The van der Waals surface area contributed by atoms with E-state index in [0.717, 1.165) is 12.1 Å². The number of carboxylic acids is 2. The number of nitrogens with zero attached hydrogens (tertiary/aromatic N) is 2. The van der Waals surface area contributed by atoms with Crippen LogP contribution in [0, 0.1) is 34.1 Å². The van der Waals surface area contributed by atoms with E-state index in [0.29, 0.717) is 11.1 Å². The van der Waals surface area contributed by atoms with Crippen LogP contribution in [0.3, 0.4) is 0 Å². The first-order chi connectivity index (χ1) is 12.0. The minimum absolute atomic E-state index is 0.0331. The van der Waals surface area contributed by atoms with Crippen LogP contribution in [0.15, 0.2) is 36.4 Å². The molecule has 0 unspecified atom stereocenters. The summed E-state index contributed by atoms with van der Waals surface area (Å²) in [6.45, 7) is 3.18. The Morgan fingerprint density at radius 3 is 1.31 bits per heavy atom. The van der Waals surface area contributed by atoms with Gasteiger partial charge in [-0.2, -0.15) is 0 Å². The van der Waals surface area contributed by atoms with Gasteiger partial charge in [-0.3, -0.25) is 20.2 Å².